The summed E-state index contributed by atoms with van der Waals surface area (Å²) in [5, 5.41) is 15.1. The van der Waals surface area contributed by atoms with Crippen LogP contribution in [0.3, 0.4) is 0 Å². The van der Waals surface area contributed by atoms with Crippen molar-refractivity contribution in [1.29, 1.82) is 0 Å². The van der Waals surface area contributed by atoms with Crippen molar-refractivity contribution in [3.63, 3.8) is 0 Å². The van der Waals surface area contributed by atoms with Crippen LogP contribution >= 0.6 is 11.3 Å². The maximum absolute atomic E-state index is 14.3. The number of aliphatic carboxylic acids is 1. The van der Waals surface area contributed by atoms with Crippen LogP contribution in [0.5, 0.6) is 0 Å². The van der Waals surface area contributed by atoms with Gasteiger partial charge in [-0.1, -0.05) is 36.4 Å². The van der Waals surface area contributed by atoms with E-state index in [4.69, 9.17) is 0 Å². The van der Waals surface area contributed by atoms with Crippen molar-refractivity contribution in [1.82, 2.24) is 29.5 Å². The van der Waals surface area contributed by atoms with Gasteiger partial charge in [0.05, 0.1) is 40.3 Å². The number of carbonyl (C=O) groups is 3. The molecule has 2 aromatic carbocycles. The van der Waals surface area contributed by atoms with Crippen LogP contribution in [0.2, 0.25) is 0 Å². The Morgan fingerprint density at radius 3 is 2.49 bits per heavy atom. The first kappa shape index (κ1) is 28.9. The Morgan fingerprint density at radius 2 is 1.78 bits per heavy atom. The zero-order valence-corrected chi connectivity index (χ0v) is 25.8. The number of carbonyl (C=O) groups excluding carboxylic acids is 2. The SMILES string of the molecule is Cc1ncsc1CCN1C(=O)C2C(c3c(C)n(C)n(-c4ccccc4)c3=O)NC(Cc3c[nH]c4ccccc34)(C(=O)O)C2C1=O. The number of para-hydroxylation sites is 2. The molecule has 4 atom stereocenters. The molecule has 2 fully saturated rings. The molecule has 0 saturated carbocycles. The van der Waals surface area contributed by atoms with Crippen molar-refractivity contribution in [3.8, 4) is 5.69 Å². The zero-order chi connectivity index (χ0) is 31.6. The molecule has 2 amide bonds. The van der Waals surface area contributed by atoms with Crippen molar-refractivity contribution in [3.05, 3.63) is 104 Å². The van der Waals surface area contributed by atoms with Gasteiger partial charge in [-0.2, -0.15) is 0 Å². The summed E-state index contributed by atoms with van der Waals surface area (Å²) in [6.45, 7) is 3.75. The predicted octanol–water partition coefficient (Wildman–Crippen LogP) is 3.28. The van der Waals surface area contributed by atoms with Crippen LogP contribution in [-0.4, -0.2) is 59.2 Å². The van der Waals surface area contributed by atoms with Gasteiger partial charge in [0.1, 0.15) is 5.54 Å². The molecule has 2 aliphatic heterocycles. The fourth-order valence-corrected chi connectivity index (χ4v) is 8.04. The first-order valence-electron chi connectivity index (χ1n) is 14.8. The Bertz CT molecular complexity index is 2040. The molecular formula is C33H32N6O5S. The van der Waals surface area contributed by atoms with E-state index in [-0.39, 0.29) is 24.1 Å². The van der Waals surface area contributed by atoms with Gasteiger partial charge in [0, 0.05) is 54.1 Å². The number of aromatic nitrogens is 4. The van der Waals surface area contributed by atoms with Gasteiger partial charge in [-0.25, -0.2) is 9.67 Å². The minimum atomic E-state index is -1.85. The maximum atomic E-state index is 14.3. The third kappa shape index (κ3) is 4.31. The van der Waals surface area contributed by atoms with Crippen molar-refractivity contribution in [2.24, 2.45) is 18.9 Å². The number of carboxylic acids is 1. The Morgan fingerprint density at radius 1 is 1.04 bits per heavy atom. The standard InChI is InChI=1S/C33H32N6O5S/c1-18-24(45-17-35-18)13-14-38-29(40)26-27(31(38)42)33(32(43)44,15-20-16-34-23-12-8-7-11-22(20)23)36-28(26)25-19(2)37(3)39(30(25)41)21-9-5-4-6-10-21/h4-12,16-17,26-28,34,36H,13-15H2,1-3H3,(H,43,44). The van der Waals surface area contributed by atoms with Crippen LogP contribution in [-0.2, 0) is 34.3 Å². The largest absolute Gasteiger partial charge is 0.480 e. The number of aromatic amines is 1. The number of rotatable bonds is 8. The monoisotopic (exact) mass is 624 g/mol. The highest BCUT2D eigenvalue weighted by atomic mass is 32.1. The number of likely N-dealkylation sites (tertiary alicyclic amines) is 1. The quantitative estimate of drug-likeness (QED) is 0.225. The number of nitrogens with one attached hydrogen (secondary N) is 2. The molecule has 0 bridgehead atoms. The number of aryl methyl sites for hydroxylation is 1. The fraction of sp³-hybridized carbons (Fsp3) is 0.303. The van der Waals surface area contributed by atoms with E-state index in [1.165, 1.54) is 20.9 Å². The zero-order valence-electron chi connectivity index (χ0n) is 25.0. The number of H-pyrrole nitrogens is 1. The number of benzene rings is 2. The summed E-state index contributed by atoms with van der Waals surface area (Å²) in [7, 11) is 1.75. The van der Waals surface area contributed by atoms with Crippen molar-refractivity contribution >= 4 is 40.0 Å². The highest BCUT2D eigenvalue weighted by molar-refractivity contribution is 7.09. The van der Waals surface area contributed by atoms with Crippen LogP contribution in [0.15, 0.2) is 71.1 Å². The van der Waals surface area contributed by atoms with Gasteiger partial charge in [0.2, 0.25) is 11.8 Å². The topological polar surface area (TPSA) is 142 Å². The summed E-state index contributed by atoms with van der Waals surface area (Å²) < 4.78 is 3.21. The summed E-state index contributed by atoms with van der Waals surface area (Å²) in [5.74, 6) is -4.57. The van der Waals surface area contributed by atoms with E-state index in [0.29, 0.717) is 23.4 Å². The van der Waals surface area contributed by atoms with Crippen molar-refractivity contribution < 1.29 is 19.5 Å². The number of amides is 2. The van der Waals surface area contributed by atoms with Crippen LogP contribution in [0.25, 0.3) is 16.6 Å². The molecule has 11 nitrogen and oxygen atoms in total. The lowest BCUT2D eigenvalue weighted by molar-refractivity contribution is -0.151. The van der Waals surface area contributed by atoms with E-state index < -0.39 is 41.2 Å². The van der Waals surface area contributed by atoms with E-state index in [1.807, 2.05) is 61.5 Å². The lowest BCUT2D eigenvalue weighted by atomic mass is 9.76. The molecule has 2 saturated heterocycles. The van der Waals surface area contributed by atoms with E-state index in [0.717, 1.165) is 21.5 Å². The van der Waals surface area contributed by atoms with Gasteiger partial charge in [-0.05, 0) is 37.6 Å². The Balaban J connectivity index is 1.37. The highest BCUT2D eigenvalue weighted by Crippen LogP contribution is 2.50. The number of fused-ring (bicyclic) bond motifs is 2. The van der Waals surface area contributed by atoms with Gasteiger partial charge < -0.3 is 10.1 Å². The summed E-state index contributed by atoms with van der Waals surface area (Å²) >= 11 is 1.45. The number of hydrogen-bond acceptors (Lipinski definition) is 7. The molecule has 5 aromatic rings. The summed E-state index contributed by atoms with van der Waals surface area (Å²) in [6.07, 6.45) is 2.10. The van der Waals surface area contributed by atoms with E-state index in [1.54, 1.807) is 30.4 Å². The Labute approximate surface area is 262 Å². The lowest BCUT2D eigenvalue weighted by Gasteiger charge is -2.31. The summed E-state index contributed by atoms with van der Waals surface area (Å²) in [6, 6.07) is 15.7. The number of nitrogens with zero attached hydrogens (tertiary/aromatic N) is 4. The van der Waals surface area contributed by atoms with Crippen LogP contribution in [0.1, 0.15) is 33.4 Å². The minimum Gasteiger partial charge on any atom is -0.480 e. The van der Waals surface area contributed by atoms with Gasteiger partial charge in [-0.3, -0.25) is 34.1 Å². The molecule has 230 valence electrons. The second-order valence-electron chi connectivity index (χ2n) is 11.9. The Hall–Kier alpha value is -4.81. The van der Waals surface area contributed by atoms with Crippen molar-refractivity contribution in [2.45, 2.75) is 38.3 Å². The third-order valence-electron chi connectivity index (χ3n) is 9.59. The maximum Gasteiger partial charge on any atom is 0.325 e. The molecule has 7 rings (SSSR count). The third-order valence-corrected chi connectivity index (χ3v) is 10.6. The molecule has 2 aliphatic rings. The second kappa shape index (κ2) is 10.7. The van der Waals surface area contributed by atoms with Gasteiger partial charge in [-0.15, -0.1) is 11.3 Å². The molecular weight excluding hydrogens is 592 g/mol. The van der Waals surface area contributed by atoms with Gasteiger partial charge in [0.25, 0.3) is 5.56 Å². The summed E-state index contributed by atoms with van der Waals surface area (Å²) in [5.41, 5.74) is 3.35. The highest BCUT2D eigenvalue weighted by Gasteiger charge is 2.69. The minimum absolute atomic E-state index is 0.0659. The number of imide groups is 1. The molecule has 0 aliphatic carbocycles. The second-order valence-corrected chi connectivity index (χ2v) is 12.8. The molecule has 45 heavy (non-hydrogen) atoms. The molecule has 12 heteroatoms. The first-order valence-corrected chi connectivity index (χ1v) is 15.7. The summed E-state index contributed by atoms with van der Waals surface area (Å²) in [4.78, 5) is 65.8. The molecule has 0 radical (unpaired) electrons. The fourth-order valence-electron chi connectivity index (χ4n) is 7.27. The van der Waals surface area contributed by atoms with Gasteiger partial charge in [0.15, 0.2) is 0 Å². The molecule has 4 unspecified atom stereocenters. The van der Waals surface area contributed by atoms with E-state index in [2.05, 4.69) is 15.3 Å². The van der Waals surface area contributed by atoms with Crippen LogP contribution in [0.4, 0.5) is 0 Å². The lowest BCUT2D eigenvalue weighted by Crippen LogP contribution is -2.57. The number of thiazole rings is 1. The van der Waals surface area contributed by atoms with E-state index >= 15 is 0 Å². The molecule has 3 N–H and O–H groups in total. The molecule has 3 aromatic heterocycles. The van der Waals surface area contributed by atoms with Crippen LogP contribution < -0.4 is 10.9 Å². The first-order chi connectivity index (χ1) is 21.6. The predicted molar refractivity (Wildman–Crippen MR) is 168 cm³/mol. The van der Waals surface area contributed by atoms with E-state index in [9.17, 15) is 24.3 Å². The smallest absolute Gasteiger partial charge is 0.325 e. The average Bonchev–Trinajstić information content (AvgIpc) is 3.81. The average molecular weight is 625 g/mol. The Kier molecular flexibility index (Phi) is 6.86. The number of hydrogen-bond donors (Lipinski definition) is 3. The molecule has 5 heterocycles. The van der Waals surface area contributed by atoms with Crippen molar-refractivity contribution in [2.75, 3.05) is 6.54 Å². The normalized spacial score (nSPS) is 22.9. The molecule has 0 spiro atoms. The number of carboxylic acid groups (broad SMARTS) is 1. The van der Waals surface area contributed by atoms with Crippen LogP contribution in [0, 0.1) is 25.7 Å². The van der Waals surface area contributed by atoms with Gasteiger partial charge >= 0.3 is 5.97 Å².